The molecule has 0 radical (unpaired) electrons. The van der Waals surface area contributed by atoms with Crippen molar-refractivity contribution in [2.45, 2.75) is 37.0 Å². The fraction of sp³-hybridized carbons (Fsp3) is 0.355. The molecule has 0 aromatic heterocycles. The van der Waals surface area contributed by atoms with E-state index in [4.69, 9.17) is 0 Å². The number of piperazine rings is 1. The summed E-state index contributed by atoms with van der Waals surface area (Å²) >= 11 is 0. The minimum absolute atomic E-state index is 0.00134. The van der Waals surface area contributed by atoms with Gasteiger partial charge >= 0.3 is 18.4 Å². The molecule has 0 spiro atoms. The Bertz CT molecular complexity index is 1560. The van der Waals surface area contributed by atoms with Crippen LogP contribution in [0.2, 0.25) is 0 Å². The minimum atomic E-state index is -5.99. The molecular weight excluding hydrogens is 644 g/mol. The zero-order valence-corrected chi connectivity index (χ0v) is 24.7. The largest absolute Gasteiger partial charge is 0.430 e. The van der Waals surface area contributed by atoms with Crippen LogP contribution in [-0.4, -0.2) is 77.0 Å². The van der Waals surface area contributed by atoms with Crippen molar-refractivity contribution in [2.24, 2.45) is 0 Å². The fourth-order valence-electron chi connectivity index (χ4n) is 4.97. The van der Waals surface area contributed by atoms with Gasteiger partial charge < -0.3 is 25.7 Å². The number of carbonyl (C=O) groups excluding carboxylic acids is 2. The number of anilines is 1. The van der Waals surface area contributed by atoms with Gasteiger partial charge in [0, 0.05) is 43.9 Å². The van der Waals surface area contributed by atoms with Gasteiger partial charge in [0.05, 0.1) is 12.2 Å². The molecule has 0 bridgehead atoms. The molecular formula is C31H30F8N4O4. The summed E-state index contributed by atoms with van der Waals surface area (Å²) in [5.41, 5.74) is -7.43. The van der Waals surface area contributed by atoms with Crippen LogP contribution in [0.15, 0.2) is 66.7 Å². The van der Waals surface area contributed by atoms with Gasteiger partial charge in [0.15, 0.2) is 0 Å². The van der Waals surface area contributed by atoms with Crippen molar-refractivity contribution in [3.05, 3.63) is 101 Å². The number of halogens is 8. The summed E-state index contributed by atoms with van der Waals surface area (Å²) in [6.07, 6.45) is -12.0. The average molecular weight is 675 g/mol. The fourth-order valence-corrected chi connectivity index (χ4v) is 4.97. The van der Waals surface area contributed by atoms with Gasteiger partial charge in [-0.25, -0.2) is 13.6 Å². The average Bonchev–Trinajstić information content (AvgIpc) is 3.00. The van der Waals surface area contributed by atoms with Gasteiger partial charge in [0.1, 0.15) is 17.2 Å². The van der Waals surface area contributed by atoms with Crippen molar-refractivity contribution < 1.29 is 54.9 Å². The van der Waals surface area contributed by atoms with Crippen molar-refractivity contribution in [1.29, 1.82) is 0 Å². The van der Waals surface area contributed by atoms with Crippen LogP contribution in [0.3, 0.4) is 0 Å². The second-order valence-electron chi connectivity index (χ2n) is 11.3. The van der Waals surface area contributed by atoms with Gasteiger partial charge in [-0.3, -0.25) is 9.69 Å². The molecule has 1 saturated heterocycles. The number of rotatable bonds is 8. The predicted molar refractivity (Wildman–Crippen MR) is 153 cm³/mol. The molecule has 1 aliphatic rings. The highest BCUT2D eigenvalue weighted by Gasteiger charge is 2.71. The lowest BCUT2D eigenvalue weighted by Gasteiger charge is -2.35. The third-order valence-corrected chi connectivity index (χ3v) is 7.78. The Kier molecular flexibility index (Phi) is 10.2. The summed E-state index contributed by atoms with van der Waals surface area (Å²) < 4.78 is 107. The van der Waals surface area contributed by atoms with Gasteiger partial charge in [-0.05, 0) is 48.4 Å². The molecule has 3 amide bonds. The third kappa shape index (κ3) is 8.00. The summed E-state index contributed by atoms with van der Waals surface area (Å²) in [5.74, 6) is -1.90. The van der Waals surface area contributed by atoms with Crippen molar-refractivity contribution >= 4 is 17.6 Å². The van der Waals surface area contributed by atoms with E-state index in [0.29, 0.717) is 36.3 Å². The lowest BCUT2D eigenvalue weighted by atomic mass is 9.91. The smallest absolute Gasteiger partial charge is 0.384 e. The van der Waals surface area contributed by atoms with Crippen LogP contribution in [0.4, 0.5) is 45.6 Å². The molecule has 4 rings (SSSR count). The maximum atomic E-state index is 14.8. The van der Waals surface area contributed by atoms with E-state index in [2.05, 4.69) is 10.6 Å². The Morgan fingerprint density at radius 1 is 0.787 bits per heavy atom. The number of hydrogen-bond acceptors (Lipinski definition) is 5. The van der Waals surface area contributed by atoms with E-state index in [1.54, 1.807) is 0 Å². The van der Waals surface area contributed by atoms with Gasteiger partial charge in [0.25, 0.3) is 11.5 Å². The highest BCUT2D eigenvalue weighted by Crippen LogP contribution is 2.50. The second-order valence-corrected chi connectivity index (χ2v) is 11.3. The molecule has 1 heterocycles. The van der Waals surface area contributed by atoms with Crippen LogP contribution < -0.4 is 10.6 Å². The van der Waals surface area contributed by atoms with E-state index in [1.165, 1.54) is 36.1 Å². The number of hydrogen-bond donors (Lipinski definition) is 4. The lowest BCUT2D eigenvalue weighted by molar-refractivity contribution is -0.376. The van der Waals surface area contributed by atoms with Crippen LogP contribution >= 0.6 is 0 Å². The van der Waals surface area contributed by atoms with Crippen molar-refractivity contribution in [2.75, 3.05) is 38.0 Å². The number of nitrogens with zero attached hydrogens (tertiary/aromatic N) is 2. The highest BCUT2D eigenvalue weighted by molar-refractivity contribution is 5.95. The van der Waals surface area contributed by atoms with Crippen molar-refractivity contribution in [1.82, 2.24) is 15.1 Å². The normalized spacial score (nSPS) is 16.0. The zero-order valence-electron chi connectivity index (χ0n) is 24.7. The van der Waals surface area contributed by atoms with E-state index >= 15 is 0 Å². The van der Waals surface area contributed by atoms with Crippen LogP contribution in [0.25, 0.3) is 0 Å². The second kappa shape index (κ2) is 13.4. The number of alkyl halides is 6. The minimum Gasteiger partial charge on any atom is -0.384 e. The molecule has 3 aromatic carbocycles. The quantitative estimate of drug-likeness (QED) is 0.244. The molecule has 0 aliphatic carbocycles. The van der Waals surface area contributed by atoms with E-state index in [-0.39, 0.29) is 37.4 Å². The first-order valence-electron chi connectivity index (χ1n) is 14.1. The number of amides is 3. The molecule has 0 saturated carbocycles. The predicted octanol–water partition coefficient (Wildman–Crippen LogP) is 5.26. The van der Waals surface area contributed by atoms with E-state index in [9.17, 15) is 54.9 Å². The van der Waals surface area contributed by atoms with Crippen LogP contribution in [-0.2, 0) is 17.7 Å². The monoisotopic (exact) mass is 674 g/mol. The van der Waals surface area contributed by atoms with E-state index in [1.807, 2.05) is 4.90 Å². The van der Waals surface area contributed by atoms with Crippen LogP contribution in [0, 0.1) is 11.6 Å². The summed E-state index contributed by atoms with van der Waals surface area (Å²) in [4.78, 5) is 28.6. The summed E-state index contributed by atoms with van der Waals surface area (Å²) in [5, 5.41) is 24.8. The lowest BCUT2D eigenvalue weighted by Crippen LogP contribution is -2.53. The zero-order chi connectivity index (χ0) is 34.8. The Labute approximate surface area is 263 Å². The Morgan fingerprint density at radius 2 is 1.34 bits per heavy atom. The van der Waals surface area contributed by atoms with Gasteiger partial charge in [-0.15, -0.1) is 0 Å². The number of carbonyl (C=O) groups is 2. The molecule has 1 atom stereocenters. The molecule has 1 aliphatic heterocycles. The van der Waals surface area contributed by atoms with Crippen LogP contribution in [0.5, 0.6) is 0 Å². The van der Waals surface area contributed by atoms with Gasteiger partial charge in [-0.1, -0.05) is 36.4 Å². The SMILES string of the molecule is CC(O)(CNC(=O)Nc1ccc(C(=O)N2CCN(Cc3ccc(C(O)(C(F)(F)F)C(F)(F)F)cc3)CC2)cc1F)c1ccc(F)cc1. The maximum Gasteiger partial charge on any atom is 0.430 e. The number of nitrogens with one attached hydrogen (secondary N) is 2. The molecule has 4 N–H and O–H groups in total. The summed E-state index contributed by atoms with van der Waals surface area (Å²) in [6.45, 7) is 2.25. The van der Waals surface area contributed by atoms with Crippen molar-refractivity contribution in [3.8, 4) is 0 Å². The molecule has 8 nitrogen and oxygen atoms in total. The van der Waals surface area contributed by atoms with E-state index < -0.39 is 52.7 Å². The molecule has 3 aromatic rings. The topological polar surface area (TPSA) is 105 Å². The molecule has 254 valence electrons. The first kappa shape index (κ1) is 35.6. The number of urea groups is 1. The first-order valence-corrected chi connectivity index (χ1v) is 14.1. The molecule has 16 heteroatoms. The van der Waals surface area contributed by atoms with Gasteiger partial charge in [0.2, 0.25) is 0 Å². The first-order chi connectivity index (χ1) is 21.8. The highest BCUT2D eigenvalue weighted by atomic mass is 19.4. The summed E-state index contributed by atoms with van der Waals surface area (Å²) in [6, 6.07) is 10.9. The standard InChI is InChI=1S/C31H30F8N4O4/c1-28(46,21-7-9-23(32)10-8-21)18-40-27(45)41-25-11-4-20(16-24(25)33)26(44)43-14-12-42(13-15-43)17-19-2-5-22(6-3-19)29(47,30(34,35)36)31(37,38)39/h2-11,16,46-47H,12-15,17-18H2,1H3,(H2,40,41,45). The Hall–Kier alpha value is -4.28. The molecule has 1 unspecified atom stereocenters. The van der Waals surface area contributed by atoms with Gasteiger partial charge in [-0.2, -0.15) is 26.3 Å². The number of aliphatic hydroxyl groups is 2. The Balaban J connectivity index is 1.29. The van der Waals surface area contributed by atoms with Crippen LogP contribution in [0.1, 0.15) is 34.0 Å². The third-order valence-electron chi connectivity index (χ3n) is 7.78. The summed E-state index contributed by atoms with van der Waals surface area (Å²) in [7, 11) is 0. The van der Waals surface area contributed by atoms with Crippen molar-refractivity contribution in [3.63, 3.8) is 0 Å². The number of benzene rings is 3. The van der Waals surface area contributed by atoms with E-state index in [0.717, 1.165) is 30.3 Å². The molecule has 1 fully saturated rings. The Morgan fingerprint density at radius 3 is 1.87 bits per heavy atom. The molecule has 47 heavy (non-hydrogen) atoms. The maximum absolute atomic E-state index is 14.8.